The largest absolute Gasteiger partial charge is 0.502 e. The number of nitrogens with zero attached hydrogens (tertiary/aromatic N) is 2. The van der Waals surface area contributed by atoms with E-state index >= 15 is 0 Å². The van der Waals surface area contributed by atoms with Gasteiger partial charge in [-0.1, -0.05) is 36.4 Å². The zero-order chi connectivity index (χ0) is 18.4. The molecule has 2 aromatic rings. The van der Waals surface area contributed by atoms with Crippen molar-refractivity contribution in [2.75, 3.05) is 0 Å². The predicted octanol–water partition coefficient (Wildman–Crippen LogP) is 3.08. The summed E-state index contributed by atoms with van der Waals surface area (Å²) in [6, 6.07) is 14.3. The van der Waals surface area contributed by atoms with E-state index in [1.165, 1.54) is 12.1 Å². The van der Waals surface area contributed by atoms with E-state index in [0.29, 0.717) is 0 Å². The quantitative estimate of drug-likeness (QED) is 0.376. The third-order valence-electron chi connectivity index (χ3n) is 3.52. The van der Waals surface area contributed by atoms with Gasteiger partial charge < -0.3 is 10.4 Å². The number of phenols is 1. The van der Waals surface area contributed by atoms with Crippen LogP contribution in [0.25, 0.3) is 6.08 Å². The minimum atomic E-state index is -0.740. The number of carbonyl (C=O) groups excluding carboxylic acids is 1. The van der Waals surface area contributed by atoms with Crippen LogP contribution in [0.15, 0.2) is 54.1 Å². The lowest BCUT2D eigenvalue weighted by Gasteiger charge is -2.13. The van der Waals surface area contributed by atoms with E-state index in [1.54, 1.807) is 13.0 Å². The number of carbonyl (C=O) groups is 1. The first-order valence-corrected chi connectivity index (χ1v) is 7.37. The lowest BCUT2D eigenvalue weighted by molar-refractivity contribution is -0.385. The average Bonchev–Trinajstić information content (AvgIpc) is 2.61. The molecule has 1 amide bonds. The van der Waals surface area contributed by atoms with Gasteiger partial charge in [-0.05, 0) is 30.2 Å². The molecule has 2 N–H and O–H groups in total. The lowest BCUT2D eigenvalue weighted by atomic mass is 10.1. The van der Waals surface area contributed by atoms with Crippen LogP contribution in [-0.4, -0.2) is 15.9 Å². The Kier molecular flexibility index (Phi) is 5.48. The smallest absolute Gasteiger partial charge is 0.311 e. The number of hydrogen-bond donors (Lipinski definition) is 2. The fourth-order valence-corrected chi connectivity index (χ4v) is 2.19. The molecule has 0 saturated heterocycles. The molecular formula is C18H15N3O4. The Morgan fingerprint density at radius 3 is 2.60 bits per heavy atom. The van der Waals surface area contributed by atoms with Crippen molar-refractivity contribution in [1.29, 1.82) is 5.26 Å². The van der Waals surface area contributed by atoms with Gasteiger partial charge in [-0.25, -0.2) is 0 Å². The zero-order valence-corrected chi connectivity index (χ0v) is 13.3. The number of benzene rings is 2. The maximum Gasteiger partial charge on any atom is 0.311 e. The fourth-order valence-electron chi connectivity index (χ4n) is 2.19. The number of phenolic OH excluding ortho intramolecular Hbond substituents is 1. The van der Waals surface area contributed by atoms with Gasteiger partial charge in [0.1, 0.15) is 11.6 Å². The van der Waals surface area contributed by atoms with Crippen LogP contribution >= 0.6 is 0 Å². The summed E-state index contributed by atoms with van der Waals surface area (Å²) in [5.74, 6) is -1.07. The van der Waals surface area contributed by atoms with E-state index < -0.39 is 22.3 Å². The summed E-state index contributed by atoms with van der Waals surface area (Å²) in [7, 11) is 0. The Bertz CT molecular complexity index is 870. The number of hydrogen-bond acceptors (Lipinski definition) is 5. The van der Waals surface area contributed by atoms with E-state index in [9.17, 15) is 25.3 Å². The van der Waals surface area contributed by atoms with Crippen molar-refractivity contribution in [2.24, 2.45) is 0 Å². The summed E-state index contributed by atoms with van der Waals surface area (Å²) in [4.78, 5) is 22.4. The number of nitro benzene ring substituents is 1. The van der Waals surface area contributed by atoms with Crippen LogP contribution in [0.2, 0.25) is 0 Å². The van der Waals surface area contributed by atoms with Gasteiger partial charge in [-0.2, -0.15) is 5.26 Å². The maximum absolute atomic E-state index is 12.3. The van der Waals surface area contributed by atoms with Crippen LogP contribution in [0.3, 0.4) is 0 Å². The van der Waals surface area contributed by atoms with Crippen molar-refractivity contribution in [3.05, 3.63) is 75.3 Å². The molecule has 2 rings (SSSR count). The number of nitriles is 1. The first-order valence-electron chi connectivity index (χ1n) is 7.37. The minimum Gasteiger partial charge on any atom is -0.502 e. The van der Waals surface area contributed by atoms with E-state index in [-0.39, 0.29) is 17.2 Å². The van der Waals surface area contributed by atoms with Crippen LogP contribution in [-0.2, 0) is 4.79 Å². The standard InChI is InChI=1S/C18H15N3O4/c1-12(14-5-3-2-4-6-14)20-18(23)15(11-19)9-13-7-8-17(22)16(10-13)21(24)25/h2-10,12,22H,1H3,(H,20,23)/b15-9+/t12-/m0/s1. The Labute approximate surface area is 144 Å². The second kappa shape index (κ2) is 7.75. The molecule has 7 heteroatoms. The molecule has 0 saturated carbocycles. The molecule has 2 aromatic carbocycles. The van der Waals surface area contributed by atoms with E-state index in [2.05, 4.69) is 5.32 Å². The predicted molar refractivity (Wildman–Crippen MR) is 91.4 cm³/mol. The Hall–Kier alpha value is -3.66. The van der Waals surface area contributed by atoms with Crippen LogP contribution < -0.4 is 5.32 Å². The molecule has 0 spiro atoms. The molecule has 0 fully saturated rings. The van der Waals surface area contributed by atoms with Gasteiger partial charge >= 0.3 is 5.69 Å². The Morgan fingerprint density at radius 1 is 1.32 bits per heavy atom. The molecule has 0 aromatic heterocycles. The van der Waals surface area contributed by atoms with Crippen molar-refractivity contribution in [1.82, 2.24) is 5.32 Å². The summed E-state index contributed by atoms with van der Waals surface area (Å²) in [6.45, 7) is 1.79. The summed E-state index contributed by atoms with van der Waals surface area (Å²) < 4.78 is 0. The molecule has 7 nitrogen and oxygen atoms in total. The summed E-state index contributed by atoms with van der Waals surface area (Å²) in [5, 5.41) is 32.2. The first-order chi connectivity index (χ1) is 11.9. The molecule has 126 valence electrons. The highest BCUT2D eigenvalue weighted by molar-refractivity contribution is 6.01. The maximum atomic E-state index is 12.3. The Balaban J connectivity index is 2.23. The van der Waals surface area contributed by atoms with Crippen molar-refractivity contribution in [3.63, 3.8) is 0 Å². The Morgan fingerprint density at radius 2 is 2.00 bits per heavy atom. The van der Waals surface area contributed by atoms with E-state index in [1.807, 2.05) is 30.3 Å². The average molecular weight is 337 g/mol. The molecule has 25 heavy (non-hydrogen) atoms. The van der Waals surface area contributed by atoms with Gasteiger partial charge in [-0.15, -0.1) is 0 Å². The van der Waals surface area contributed by atoms with E-state index in [0.717, 1.165) is 17.7 Å². The van der Waals surface area contributed by atoms with Crippen LogP contribution in [0.1, 0.15) is 24.1 Å². The van der Waals surface area contributed by atoms with Gasteiger partial charge in [-0.3, -0.25) is 14.9 Å². The number of nitro groups is 1. The lowest BCUT2D eigenvalue weighted by Crippen LogP contribution is -2.27. The SMILES string of the molecule is C[C@H](NC(=O)/C(C#N)=C/c1ccc(O)c([N+](=O)[O-])c1)c1ccccc1. The molecule has 0 aliphatic rings. The summed E-state index contributed by atoms with van der Waals surface area (Å²) in [6.07, 6.45) is 1.24. The van der Waals surface area contributed by atoms with Crippen LogP contribution in [0.4, 0.5) is 5.69 Å². The van der Waals surface area contributed by atoms with Gasteiger partial charge in [0.05, 0.1) is 11.0 Å². The second-order valence-corrected chi connectivity index (χ2v) is 5.28. The second-order valence-electron chi connectivity index (χ2n) is 5.28. The topological polar surface area (TPSA) is 116 Å². The van der Waals surface area contributed by atoms with Gasteiger partial charge in [0.25, 0.3) is 5.91 Å². The first kappa shape index (κ1) is 17.7. The van der Waals surface area contributed by atoms with E-state index in [4.69, 9.17) is 0 Å². The molecule has 0 aliphatic carbocycles. The van der Waals surface area contributed by atoms with Crippen molar-refractivity contribution >= 4 is 17.7 Å². The van der Waals surface area contributed by atoms with Gasteiger partial charge in [0.15, 0.2) is 5.75 Å². The number of amides is 1. The zero-order valence-electron chi connectivity index (χ0n) is 13.3. The van der Waals surface area contributed by atoms with Crippen LogP contribution in [0.5, 0.6) is 5.75 Å². The molecule has 0 heterocycles. The molecule has 0 radical (unpaired) electrons. The molecule has 0 unspecified atom stereocenters. The number of nitrogens with one attached hydrogen (secondary N) is 1. The number of aromatic hydroxyl groups is 1. The van der Waals surface area contributed by atoms with Gasteiger partial charge in [0, 0.05) is 6.07 Å². The summed E-state index contributed by atoms with van der Waals surface area (Å²) in [5.41, 5.74) is 0.462. The monoisotopic (exact) mass is 337 g/mol. The summed E-state index contributed by atoms with van der Waals surface area (Å²) >= 11 is 0. The third-order valence-corrected chi connectivity index (χ3v) is 3.52. The molecule has 0 bridgehead atoms. The molecule has 1 atom stereocenters. The molecular weight excluding hydrogens is 322 g/mol. The van der Waals surface area contributed by atoms with Crippen molar-refractivity contribution < 1.29 is 14.8 Å². The normalized spacial score (nSPS) is 12.1. The third kappa shape index (κ3) is 4.42. The highest BCUT2D eigenvalue weighted by atomic mass is 16.6. The highest BCUT2D eigenvalue weighted by Gasteiger charge is 2.16. The minimum absolute atomic E-state index is 0.192. The van der Waals surface area contributed by atoms with Crippen LogP contribution in [0, 0.1) is 21.4 Å². The molecule has 0 aliphatic heterocycles. The fraction of sp³-hybridized carbons (Fsp3) is 0.111. The number of rotatable bonds is 5. The van der Waals surface area contributed by atoms with Crippen molar-refractivity contribution in [2.45, 2.75) is 13.0 Å². The van der Waals surface area contributed by atoms with Gasteiger partial charge in [0.2, 0.25) is 0 Å². The van der Waals surface area contributed by atoms with Crippen molar-refractivity contribution in [3.8, 4) is 11.8 Å². The highest BCUT2D eigenvalue weighted by Crippen LogP contribution is 2.27.